The molecule has 2 N–H and O–H groups in total. The summed E-state index contributed by atoms with van der Waals surface area (Å²) in [5.74, 6) is 0.161. The average Bonchev–Trinajstić information content (AvgIpc) is 2.61. The van der Waals surface area contributed by atoms with Crippen LogP contribution in [0.1, 0.15) is 22.3 Å². The lowest BCUT2D eigenvalue weighted by Crippen LogP contribution is -2.13. The van der Waals surface area contributed by atoms with Crippen LogP contribution in [-0.4, -0.2) is 13.4 Å². The normalized spacial score (nSPS) is 11.3. The fraction of sp³-hybridized carbons (Fsp3) is 0.190. The second-order valence-electron chi connectivity index (χ2n) is 6.85. The molecule has 0 bridgehead atoms. The molecule has 0 atom stereocenters. The van der Waals surface area contributed by atoms with Gasteiger partial charge in [0, 0.05) is 5.69 Å². The molecule has 1 heterocycles. The quantitative estimate of drug-likeness (QED) is 0.633. The van der Waals surface area contributed by atoms with E-state index < -0.39 is 15.8 Å². The molecule has 3 rings (SSSR count). The van der Waals surface area contributed by atoms with Gasteiger partial charge < -0.3 is 5.32 Å². The molecule has 0 unspecified atom stereocenters. The van der Waals surface area contributed by atoms with Crippen LogP contribution in [0.2, 0.25) is 0 Å². The van der Waals surface area contributed by atoms with E-state index in [9.17, 15) is 12.8 Å². The number of benzene rings is 2. The van der Waals surface area contributed by atoms with E-state index in [2.05, 4.69) is 27.2 Å². The van der Waals surface area contributed by atoms with Gasteiger partial charge >= 0.3 is 0 Å². The minimum atomic E-state index is -3.82. The molecule has 3 aromatic rings. The Morgan fingerprint density at radius 3 is 2.14 bits per heavy atom. The molecule has 7 heteroatoms. The van der Waals surface area contributed by atoms with Gasteiger partial charge in [0.05, 0.1) is 16.8 Å². The lowest BCUT2D eigenvalue weighted by atomic mass is 10.1. The summed E-state index contributed by atoms with van der Waals surface area (Å²) in [7, 11) is -3.82. The number of nitrogens with zero attached hydrogens (tertiary/aromatic N) is 1. The third-order valence-electron chi connectivity index (χ3n) is 4.39. The number of nitrogens with one attached hydrogen (secondary N) is 2. The van der Waals surface area contributed by atoms with E-state index in [0.717, 1.165) is 22.9 Å². The Morgan fingerprint density at radius 2 is 1.57 bits per heavy atom. The van der Waals surface area contributed by atoms with Gasteiger partial charge in [0.25, 0.3) is 10.0 Å². The molecule has 0 radical (unpaired) electrons. The second kappa shape index (κ2) is 7.59. The van der Waals surface area contributed by atoms with Gasteiger partial charge in [0.15, 0.2) is 0 Å². The zero-order valence-electron chi connectivity index (χ0n) is 16.2. The smallest absolute Gasteiger partial charge is 0.261 e. The number of aromatic nitrogens is 1. The van der Waals surface area contributed by atoms with Gasteiger partial charge in [-0.3, -0.25) is 4.72 Å². The first-order valence-corrected chi connectivity index (χ1v) is 10.2. The minimum absolute atomic E-state index is 0.000457. The molecule has 0 aliphatic carbocycles. The van der Waals surface area contributed by atoms with Gasteiger partial charge in [-0.1, -0.05) is 17.7 Å². The standard InChI is InChI=1S/C21H22FN3O2S/c1-13-9-15(3)21(16(4)10-13)24-20-8-5-17(12-23-20)25-28(26,27)18-6-7-19(22)14(2)11-18/h5-12,25H,1-4H3,(H,23,24). The van der Waals surface area contributed by atoms with Crippen molar-refractivity contribution in [2.75, 3.05) is 10.0 Å². The van der Waals surface area contributed by atoms with Gasteiger partial charge in [-0.2, -0.15) is 0 Å². The van der Waals surface area contributed by atoms with Crippen LogP contribution in [0.5, 0.6) is 0 Å². The molecule has 0 amide bonds. The topological polar surface area (TPSA) is 71.1 Å². The summed E-state index contributed by atoms with van der Waals surface area (Å²) in [6.45, 7) is 7.61. The maximum Gasteiger partial charge on any atom is 0.261 e. The summed E-state index contributed by atoms with van der Waals surface area (Å²) >= 11 is 0. The van der Waals surface area contributed by atoms with Crippen LogP contribution >= 0.6 is 0 Å². The predicted molar refractivity (Wildman–Crippen MR) is 110 cm³/mol. The molecule has 0 aliphatic rings. The number of hydrogen-bond donors (Lipinski definition) is 2. The van der Waals surface area contributed by atoms with E-state index in [1.807, 2.05) is 20.8 Å². The molecule has 0 aliphatic heterocycles. The molecule has 0 spiro atoms. The summed E-state index contributed by atoms with van der Waals surface area (Å²) in [5.41, 5.74) is 4.98. The van der Waals surface area contributed by atoms with Crippen molar-refractivity contribution in [2.24, 2.45) is 0 Å². The van der Waals surface area contributed by atoms with Crippen LogP contribution in [0, 0.1) is 33.5 Å². The Kier molecular flexibility index (Phi) is 5.38. The summed E-state index contributed by atoms with van der Waals surface area (Å²) in [6, 6.07) is 11.2. The van der Waals surface area contributed by atoms with Crippen LogP contribution in [0.4, 0.5) is 21.6 Å². The largest absolute Gasteiger partial charge is 0.340 e. The van der Waals surface area contributed by atoms with E-state index in [4.69, 9.17) is 0 Å². The molecule has 1 aromatic heterocycles. The molecule has 0 saturated carbocycles. The minimum Gasteiger partial charge on any atom is -0.340 e. The van der Waals surface area contributed by atoms with Crippen molar-refractivity contribution < 1.29 is 12.8 Å². The van der Waals surface area contributed by atoms with Crippen molar-refractivity contribution in [3.63, 3.8) is 0 Å². The third-order valence-corrected chi connectivity index (χ3v) is 5.76. The van der Waals surface area contributed by atoms with Crippen molar-refractivity contribution in [2.45, 2.75) is 32.6 Å². The fourth-order valence-electron chi connectivity index (χ4n) is 3.03. The highest BCUT2D eigenvalue weighted by Crippen LogP contribution is 2.26. The van der Waals surface area contributed by atoms with Gasteiger partial charge in [-0.25, -0.2) is 17.8 Å². The highest BCUT2D eigenvalue weighted by Gasteiger charge is 2.16. The summed E-state index contributed by atoms with van der Waals surface area (Å²) < 4.78 is 40.8. The zero-order valence-corrected chi connectivity index (χ0v) is 17.0. The molecular formula is C21H22FN3O2S. The third kappa shape index (κ3) is 4.31. The van der Waals surface area contributed by atoms with Crippen LogP contribution < -0.4 is 10.0 Å². The monoisotopic (exact) mass is 399 g/mol. The van der Waals surface area contributed by atoms with E-state index in [1.165, 1.54) is 30.8 Å². The number of pyridine rings is 1. The predicted octanol–water partition coefficient (Wildman–Crippen LogP) is 5.00. The molecule has 2 aromatic carbocycles. The first-order chi connectivity index (χ1) is 13.2. The lowest BCUT2D eigenvalue weighted by molar-refractivity contribution is 0.598. The van der Waals surface area contributed by atoms with Crippen molar-refractivity contribution in [3.8, 4) is 0 Å². The van der Waals surface area contributed by atoms with E-state index in [-0.39, 0.29) is 10.5 Å². The van der Waals surface area contributed by atoms with Crippen LogP contribution in [-0.2, 0) is 10.0 Å². The maximum atomic E-state index is 13.4. The van der Waals surface area contributed by atoms with E-state index in [0.29, 0.717) is 11.5 Å². The first kappa shape index (κ1) is 19.8. The fourth-order valence-corrected chi connectivity index (χ4v) is 4.16. The Labute approximate surface area is 164 Å². The zero-order chi connectivity index (χ0) is 20.5. The number of sulfonamides is 1. The maximum absolute atomic E-state index is 13.4. The number of aryl methyl sites for hydroxylation is 4. The number of hydrogen-bond acceptors (Lipinski definition) is 4. The van der Waals surface area contributed by atoms with E-state index in [1.54, 1.807) is 12.1 Å². The SMILES string of the molecule is Cc1cc(C)c(Nc2ccc(NS(=O)(=O)c3ccc(F)c(C)c3)cn2)c(C)c1. The summed E-state index contributed by atoms with van der Waals surface area (Å²) in [6.07, 6.45) is 1.44. The van der Waals surface area contributed by atoms with Crippen molar-refractivity contribution >= 4 is 27.2 Å². The van der Waals surface area contributed by atoms with Crippen LogP contribution in [0.25, 0.3) is 0 Å². The molecule has 5 nitrogen and oxygen atoms in total. The van der Waals surface area contributed by atoms with E-state index >= 15 is 0 Å². The van der Waals surface area contributed by atoms with Gasteiger partial charge in [-0.15, -0.1) is 0 Å². The van der Waals surface area contributed by atoms with Crippen molar-refractivity contribution in [1.29, 1.82) is 0 Å². The Balaban J connectivity index is 1.78. The Bertz CT molecular complexity index is 1100. The molecule has 28 heavy (non-hydrogen) atoms. The Hall–Kier alpha value is -2.93. The first-order valence-electron chi connectivity index (χ1n) is 8.75. The second-order valence-corrected chi connectivity index (χ2v) is 8.53. The molecule has 0 fully saturated rings. The van der Waals surface area contributed by atoms with Gasteiger partial charge in [-0.05, 0) is 74.7 Å². The lowest BCUT2D eigenvalue weighted by Gasteiger charge is -2.14. The number of rotatable bonds is 5. The van der Waals surface area contributed by atoms with Crippen molar-refractivity contribution in [3.05, 3.63) is 76.7 Å². The Morgan fingerprint density at radius 1 is 0.893 bits per heavy atom. The van der Waals surface area contributed by atoms with Gasteiger partial charge in [0.1, 0.15) is 11.6 Å². The number of anilines is 3. The summed E-state index contributed by atoms with van der Waals surface area (Å²) in [5, 5.41) is 3.27. The summed E-state index contributed by atoms with van der Waals surface area (Å²) in [4.78, 5) is 4.29. The average molecular weight is 399 g/mol. The molecule has 0 saturated heterocycles. The number of halogens is 1. The van der Waals surface area contributed by atoms with Crippen LogP contribution in [0.3, 0.4) is 0 Å². The van der Waals surface area contributed by atoms with Crippen molar-refractivity contribution in [1.82, 2.24) is 4.98 Å². The molecule has 146 valence electrons. The molecular weight excluding hydrogens is 377 g/mol. The van der Waals surface area contributed by atoms with Crippen LogP contribution in [0.15, 0.2) is 53.6 Å². The highest BCUT2D eigenvalue weighted by atomic mass is 32.2. The van der Waals surface area contributed by atoms with Gasteiger partial charge in [0.2, 0.25) is 0 Å². The highest BCUT2D eigenvalue weighted by molar-refractivity contribution is 7.92.